The van der Waals surface area contributed by atoms with Crippen LogP contribution in [-0.4, -0.2) is 17.0 Å². The second kappa shape index (κ2) is 7.34. The van der Waals surface area contributed by atoms with Gasteiger partial charge in [-0.25, -0.2) is 0 Å². The second-order valence-corrected chi connectivity index (χ2v) is 6.08. The number of nitriles is 1. The molecule has 2 rings (SSSR count). The molecule has 0 saturated heterocycles. The molecule has 2 N–H and O–H groups in total. The number of hydrogen-bond donors (Lipinski definition) is 2. The average Bonchev–Trinajstić information content (AvgIpc) is 2.50. The van der Waals surface area contributed by atoms with Crippen LogP contribution in [0.5, 0.6) is 0 Å². The van der Waals surface area contributed by atoms with Gasteiger partial charge in [0.25, 0.3) is 0 Å². The Labute approximate surface area is 137 Å². The third-order valence-corrected chi connectivity index (χ3v) is 4.34. The maximum absolute atomic E-state index is 12.3. The summed E-state index contributed by atoms with van der Waals surface area (Å²) in [5.41, 5.74) is 0.410. The van der Waals surface area contributed by atoms with E-state index >= 15 is 0 Å². The number of aliphatic carboxylic acids is 1. The van der Waals surface area contributed by atoms with E-state index in [1.807, 2.05) is 11.5 Å². The topological polar surface area (TPSA) is 90.2 Å². The highest BCUT2D eigenvalue weighted by Crippen LogP contribution is 2.31. The Morgan fingerprint density at radius 1 is 1.32 bits per heavy atom. The molecular formula is C15H13ClN2O3S. The molecule has 1 amide bonds. The van der Waals surface area contributed by atoms with Crippen molar-refractivity contribution in [3.8, 4) is 5.40 Å². The molecule has 0 aromatic heterocycles. The van der Waals surface area contributed by atoms with Gasteiger partial charge in [0.2, 0.25) is 5.91 Å². The van der Waals surface area contributed by atoms with Crippen molar-refractivity contribution >= 4 is 40.9 Å². The van der Waals surface area contributed by atoms with E-state index in [-0.39, 0.29) is 5.91 Å². The van der Waals surface area contributed by atoms with Crippen LogP contribution in [0, 0.1) is 22.5 Å². The van der Waals surface area contributed by atoms with Crippen LogP contribution >= 0.6 is 23.4 Å². The van der Waals surface area contributed by atoms with Gasteiger partial charge in [-0.15, -0.1) is 0 Å². The Bertz CT molecular complexity index is 669. The van der Waals surface area contributed by atoms with E-state index in [9.17, 15) is 14.7 Å². The van der Waals surface area contributed by atoms with Gasteiger partial charge in [0.1, 0.15) is 5.40 Å². The van der Waals surface area contributed by atoms with Gasteiger partial charge in [-0.1, -0.05) is 23.8 Å². The first-order valence-corrected chi connectivity index (χ1v) is 7.76. The van der Waals surface area contributed by atoms with Crippen molar-refractivity contribution in [1.29, 1.82) is 5.26 Å². The number of benzene rings is 1. The molecule has 0 aliphatic heterocycles. The number of carbonyl (C=O) groups excluding carboxylic acids is 1. The molecule has 1 aromatic carbocycles. The summed E-state index contributed by atoms with van der Waals surface area (Å²) in [5.74, 6) is -2.68. The number of halogens is 1. The average molecular weight is 337 g/mol. The Morgan fingerprint density at radius 3 is 2.59 bits per heavy atom. The first-order chi connectivity index (χ1) is 10.5. The third kappa shape index (κ3) is 3.81. The molecule has 0 fully saturated rings. The summed E-state index contributed by atoms with van der Waals surface area (Å²) in [6, 6.07) is 4.86. The van der Waals surface area contributed by atoms with E-state index in [0.29, 0.717) is 28.4 Å². The summed E-state index contributed by atoms with van der Waals surface area (Å²) >= 11 is 7.05. The summed E-state index contributed by atoms with van der Waals surface area (Å²) in [7, 11) is 0. The lowest BCUT2D eigenvalue weighted by Gasteiger charge is -2.24. The molecule has 0 spiro atoms. The number of nitrogens with zero attached hydrogens (tertiary/aromatic N) is 1. The minimum atomic E-state index is -0.976. The van der Waals surface area contributed by atoms with Crippen LogP contribution in [0.15, 0.2) is 35.2 Å². The predicted molar refractivity (Wildman–Crippen MR) is 84.5 cm³/mol. The molecule has 0 radical (unpaired) electrons. The van der Waals surface area contributed by atoms with Crippen molar-refractivity contribution in [2.75, 3.05) is 5.32 Å². The van der Waals surface area contributed by atoms with Crippen molar-refractivity contribution in [3.63, 3.8) is 0 Å². The Balaban J connectivity index is 2.13. The number of rotatable bonds is 4. The fourth-order valence-corrected chi connectivity index (χ4v) is 3.03. The van der Waals surface area contributed by atoms with Gasteiger partial charge in [-0.05, 0) is 42.8 Å². The lowest BCUT2D eigenvalue weighted by Crippen LogP contribution is -2.34. The summed E-state index contributed by atoms with van der Waals surface area (Å²) in [6.45, 7) is 0. The highest BCUT2D eigenvalue weighted by atomic mass is 35.5. The standard InChI is InChI=1S/C15H13ClN2O3S/c16-12-7-9(22-8-17)5-6-13(12)18-14(19)10-3-1-2-4-11(10)15(20)21/h1-2,5-7,10-11H,3-4H2,(H,18,19)(H,20,21). The van der Waals surface area contributed by atoms with Gasteiger partial charge in [0, 0.05) is 4.90 Å². The van der Waals surface area contributed by atoms with E-state index in [1.165, 1.54) is 0 Å². The zero-order valence-corrected chi connectivity index (χ0v) is 13.0. The van der Waals surface area contributed by atoms with Crippen molar-refractivity contribution in [3.05, 3.63) is 35.4 Å². The molecule has 1 aliphatic carbocycles. The minimum Gasteiger partial charge on any atom is -0.481 e. The molecule has 114 valence electrons. The number of thioether (sulfide) groups is 1. The van der Waals surface area contributed by atoms with Crippen LogP contribution in [0.3, 0.4) is 0 Å². The second-order valence-electron chi connectivity index (χ2n) is 4.82. The number of thiocyanates is 1. The zero-order chi connectivity index (χ0) is 16.1. The number of carbonyl (C=O) groups is 2. The van der Waals surface area contributed by atoms with E-state index in [4.69, 9.17) is 16.9 Å². The van der Waals surface area contributed by atoms with Gasteiger partial charge < -0.3 is 10.4 Å². The van der Waals surface area contributed by atoms with Crippen LogP contribution in [-0.2, 0) is 9.59 Å². The molecular weight excluding hydrogens is 324 g/mol. The normalized spacial score (nSPS) is 20.2. The smallest absolute Gasteiger partial charge is 0.307 e. The SMILES string of the molecule is N#CSc1ccc(NC(=O)C2CC=CCC2C(=O)O)c(Cl)c1. The lowest BCUT2D eigenvalue weighted by atomic mass is 9.82. The Kier molecular flexibility index (Phi) is 5.47. The number of carboxylic acids is 1. The quantitative estimate of drug-likeness (QED) is 0.498. The predicted octanol–water partition coefficient (Wildman–Crippen LogP) is 3.52. The van der Waals surface area contributed by atoms with Crippen molar-refractivity contribution in [1.82, 2.24) is 0 Å². The fourth-order valence-electron chi connectivity index (χ4n) is 2.32. The molecule has 1 aliphatic rings. The number of anilines is 1. The largest absolute Gasteiger partial charge is 0.481 e. The molecule has 22 heavy (non-hydrogen) atoms. The fraction of sp³-hybridized carbons (Fsp3) is 0.267. The van der Waals surface area contributed by atoms with Crippen LogP contribution in [0.2, 0.25) is 5.02 Å². The van der Waals surface area contributed by atoms with Crippen LogP contribution in [0.25, 0.3) is 0 Å². The van der Waals surface area contributed by atoms with E-state index in [2.05, 4.69) is 5.32 Å². The van der Waals surface area contributed by atoms with Crippen LogP contribution in [0.4, 0.5) is 5.69 Å². The summed E-state index contributed by atoms with van der Waals surface area (Å²) in [4.78, 5) is 24.2. The summed E-state index contributed by atoms with van der Waals surface area (Å²) < 4.78 is 0. The molecule has 5 nitrogen and oxygen atoms in total. The first kappa shape index (κ1) is 16.4. The highest BCUT2D eigenvalue weighted by molar-refractivity contribution is 8.03. The number of amides is 1. The van der Waals surface area contributed by atoms with E-state index < -0.39 is 17.8 Å². The summed E-state index contributed by atoms with van der Waals surface area (Å²) in [5, 5.41) is 22.7. The number of allylic oxidation sites excluding steroid dienone is 2. The van der Waals surface area contributed by atoms with Crippen LogP contribution in [0.1, 0.15) is 12.8 Å². The van der Waals surface area contributed by atoms with Gasteiger partial charge in [0.05, 0.1) is 22.5 Å². The maximum atomic E-state index is 12.3. The first-order valence-electron chi connectivity index (χ1n) is 6.57. The maximum Gasteiger partial charge on any atom is 0.307 e. The number of nitrogens with one attached hydrogen (secondary N) is 1. The molecule has 0 bridgehead atoms. The third-order valence-electron chi connectivity index (χ3n) is 3.45. The molecule has 0 heterocycles. The van der Waals surface area contributed by atoms with Gasteiger partial charge in [-0.2, -0.15) is 5.26 Å². The van der Waals surface area contributed by atoms with E-state index in [0.717, 1.165) is 11.8 Å². The summed E-state index contributed by atoms with van der Waals surface area (Å²) in [6.07, 6.45) is 4.34. The molecule has 0 saturated carbocycles. The van der Waals surface area contributed by atoms with E-state index in [1.54, 1.807) is 24.3 Å². The monoisotopic (exact) mass is 336 g/mol. The van der Waals surface area contributed by atoms with Crippen molar-refractivity contribution < 1.29 is 14.7 Å². The molecule has 7 heteroatoms. The zero-order valence-electron chi connectivity index (χ0n) is 11.5. The molecule has 2 atom stereocenters. The van der Waals surface area contributed by atoms with Gasteiger partial charge in [-0.3, -0.25) is 9.59 Å². The van der Waals surface area contributed by atoms with Gasteiger partial charge in [0.15, 0.2) is 0 Å². The minimum absolute atomic E-state index is 0.312. The molecule has 1 aromatic rings. The number of carboxylic acid groups (broad SMARTS) is 1. The Hall–Kier alpha value is -1.97. The Morgan fingerprint density at radius 2 is 2.00 bits per heavy atom. The molecule has 2 unspecified atom stereocenters. The van der Waals surface area contributed by atoms with Crippen molar-refractivity contribution in [2.45, 2.75) is 17.7 Å². The number of hydrogen-bond acceptors (Lipinski definition) is 4. The van der Waals surface area contributed by atoms with Crippen LogP contribution < -0.4 is 5.32 Å². The van der Waals surface area contributed by atoms with Crippen molar-refractivity contribution in [2.24, 2.45) is 11.8 Å². The van der Waals surface area contributed by atoms with Gasteiger partial charge >= 0.3 is 5.97 Å². The lowest BCUT2D eigenvalue weighted by molar-refractivity contribution is -0.146. The highest BCUT2D eigenvalue weighted by Gasteiger charge is 2.34.